The fraction of sp³-hybridized carbons (Fsp3) is 1.00. The second-order valence-electron chi connectivity index (χ2n) is 6.77. The van der Waals surface area contributed by atoms with Gasteiger partial charge in [-0.05, 0) is 75.7 Å². The Kier molecular flexibility index (Phi) is 4.03. The number of alkyl halides is 1. The third kappa shape index (κ3) is 2.24. The second-order valence-corrected chi connectivity index (χ2v) is 7.24. The van der Waals surface area contributed by atoms with Crippen molar-refractivity contribution in [1.82, 2.24) is 5.32 Å². The van der Waals surface area contributed by atoms with Gasteiger partial charge in [0, 0.05) is 11.4 Å². The van der Waals surface area contributed by atoms with Crippen LogP contribution in [0.15, 0.2) is 0 Å². The van der Waals surface area contributed by atoms with E-state index in [1.54, 1.807) is 0 Å². The van der Waals surface area contributed by atoms with Crippen LogP contribution in [-0.4, -0.2) is 18.5 Å². The highest BCUT2D eigenvalue weighted by Gasteiger charge is 2.56. The maximum absolute atomic E-state index is 6.80. The van der Waals surface area contributed by atoms with Crippen molar-refractivity contribution in [2.24, 2.45) is 23.2 Å². The monoisotopic (exact) mass is 277 g/mol. The molecule has 0 aromatic rings. The van der Waals surface area contributed by atoms with E-state index in [1.165, 1.54) is 38.5 Å². The molecule has 4 bridgehead atoms. The fourth-order valence-electron chi connectivity index (χ4n) is 5.14. The topological polar surface area (TPSA) is 12.0 Å². The van der Waals surface area contributed by atoms with E-state index < -0.39 is 0 Å². The normalized spacial score (nSPS) is 48.9. The average Bonchev–Trinajstić information content (AvgIpc) is 2.24. The summed E-state index contributed by atoms with van der Waals surface area (Å²) in [6, 6.07) is 0.623. The number of hydrogen-bond donors (Lipinski definition) is 1. The van der Waals surface area contributed by atoms with Crippen molar-refractivity contribution in [2.75, 3.05) is 7.05 Å². The maximum Gasteiger partial charge on any atom is 0.0421 e. The summed E-state index contributed by atoms with van der Waals surface area (Å²) in [5, 5.41) is 3.87. The second kappa shape index (κ2) is 4.90. The molecule has 0 spiro atoms. The summed E-state index contributed by atoms with van der Waals surface area (Å²) >= 11 is 6.80. The molecule has 4 unspecified atom stereocenters. The first-order chi connectivity index (χ1) is 7.63. The van der Waals surface area contributed by atoms with Crippen molar-refractivity contribution in [3.8, 4) is 0 Å². The van der Waals surface area contributed by atoms with Crippen LogP contribution in [0.4, 0.5) is 0 Å². The van der Waals surface area contributed by atoms with Crippen LogP contribution in [-0.2, 0) is 0 Å². The Balaban J connectivity index is 0.00000108. The minimum atomic E-state index is 0. The van der Waals surface area contributed by atoms with Gasteiger partial charge >= 0.3 is 0 Å². The van der Waals surface area contributed by atoms with Crippen molar-refractivity contribution >= 4 is 24.0 Å². The predicted octanol–water partition coefficient (Wildman–Crippen LogP) is 3.84. The van der Waals surface area contributed by atoms with Crippen molar-refractivity contribution in [3.05, 3.63) is 0 Å². The molecule has 0 heterocycles. The Hall–Kier alpha value is 0.540. The molecule has 0 aliphatic heterocycles. The van der Waals surface area contributed by atoms with E-state index >= 15 is 0 Å². The van der Waals surface area contributed by atoms with E-state index in [4.69, 9.17) is 11.6 Å². The lowest BCUT2D eigenvalue weighted by Crippen LogP contribution is -2.55. The highest BCUT2D eigenvalue weighted by atomic mass is 35.5. The quantitative estimate of drug-likeness (QED) is 0.773. The van der Waals surface area contributed by atoms with E-state index in [9.17, 15) is 0 Å². The van der Waals surface area contributed by atoms with E-state index in [-0.39, 0.29) is 12.4 Å². The smallest absolute Gasteiger partial charge is 0.0421 e. The molecule has 4 rings (SSSR count). The molecule has 0 saturated heterocycles. The Morgan fingerprint density at radius 1 is 1.24 bits per heavy atom. The van der Waals surface area contributed by atoms with Crippen molar-refractivity contribution in [2.45, 2.75) is 56.9 Å². The molecule has 0 aromatic heterocycles. The first-order valence-electron chi connectivity index (χ1n) is 6.94. The zero-order valence-electron chi connectivity index (χ0n) is 10.9. The van der Waals surface area contributed by atoms with Crippen molar-refractivity contribution < 1.29 is 0 Å². The molecule has 100 valence electrons. The molecule has 4 fully saturated rings. The highest BCUT2D eigenvalue weighted by Crippen LogP contribution is 2.63. The SMILES string of the molecule is CNC(C)CC12C[C@@H]3CC(C[C@@H](C3)C1)C2Cl.Cl. The number of halogens is 2. The molecule has 17 heavy (non-hydrogen) atoms. The van der Waals surface area contributed by atoms with E-state index in [0.29, 0.717) is 16.8 Å². The molecule has 4 aliphatic carbocycles. The number of rotatable bonds is 3. The molecule has 3 heteroatoms. The van der Waals surface area contributed by atoms with Gasteiger partial charge in [-0.3, -0.25) is 0 Å². The molecule has 1 nitrogen and oxygen atoms in total. The Morgan fingerprint density at radius 3 is 2.35 bits per heavy atom. The average molecular weight is 278 g/mol. The fourth-order valence-corrected chi connectivity index (χ4v) is 5.61. The van der Waals surface area contributed by atoms with E-state index in [1.807, 2.05) is 0 Å². The van der Waals surface area contributed by atoms with Crippen LogP contribution in [0.5, 0.6) is 0 Å². The molecule has 0 amide bonds. The highest BCUT2D eigenvalue weighted by molar-refractivity contribution is 6.21. The van der Waals surface area contributed by atoms with Crippen LogP contribution < -0.4 is 5.32 Å². The molecule has 4 saturated carbocycles. The lowest BCUT2D eigenvalue weighted by Gasteiger charge is -2.60. The summed E-state index contributed by atoms with van der Waals surface area (Å²) in [6.45, 7) is 2.31. The van der Waals surface area contributed by atoms with Gasteiger partial charge in [0.25, 0.3) is 0 Å². The minimum Gasteiger partial charge on any atom is -0.317 e. The van der Waals surface area contributed by atoms with Gasteiger partial charge in [-0.1, -0.05) is 0 Å². The molecule has 0 aromatic carbocycles. The van der Waals surface area contributed by atoms with Crippen LogP contribution in [0.1, 0.15) is 45.4 Å². The summed E-state index contributed by atoms with van der Waals surface area (Å²) < 4.78 is 0. The maximum atomic E-state index is 6.80. The van der Waals surface area contributed by atoms with Gasteiger partial charge in [-0.15, -0.1) is 24.0 Å². The summed E-state index contributed by atoms with van der Waals surface area (Å²) in [4.78, 5) is 0. The van der Waals surface area contributed by atoms with E-state index in [0.717, 1.165) is 17.8 Å². The molecule has 6 atom stereocenters. The summed E-state index contributed by atoms with van der Waals surface area (Å²) in [5.41, 5.74) is 0.485. The molecular weight excluding hydrogens is 253 g/mol. The molecule has 4 aliphatic rings. The first kappa shape index (κ1) is 14.0. The number of nitrogens with one attached hydrogen (secondary N) is 1. The molecular formula is C14H25Cl2N. The van der Waals surface area contributed by atoms with Crippen molar-refractivity contribution in [3.63, 3.8) is 0 Å². The third-order valence-corrected chi connectivity index (χ3v) is 6.35. The van der Waals surface area contributed by atoms with Crippen LogP contribution >= 0.6 is 24.0 Å². The largest absolute Gasteiger partial charge is 0.317 e. The number of hydrogen-bond acceptors (Lipinski definition) is 1. The Morgan fingerprint density at radius 2 is 1.82 bits per heavy atom. The van der Waals surface area contributed by atoms with Crippen molar-refractivity contribution in [1.29, 1.82) is 0 Å². The van der Waals surface area contributed by atoms with Gasteiger partial charge in [0.1, 0.15) is 0 Å². The van der Waals surface area contributed by atoms with Gasteiger partial charge < -0.3 is 5.32 Å². The predicted molar refractivity (Wildman–Crippen MR) is 76.0 cm³/mol. The van der Waals surface area contributed by atoms with Crippen LogP contribution in [0.2, 0.25) is 0 Å². The van der Waals surface area contributed by atoms with Gasteiger partial charge in [-0.25, -0.2) is 0 Å². The molecule has 0 radical (unpaired) electrons. The summed E-state index contributed by atoms with van der Waals surface area (Å²) in [6.07, 6.45) is 8.50. The zero-order chi connectivity index (χ0) is 11.3. The van der Waals surface area contributed by atoms with Gasteiger partial charge in [0.15, 0.2) is 0 Å². The van der Waals surface area contributed by atoms with Crippen LogP contribution in [0, 0.1) is 23.2 Å². The van der Waals surface area contributed by atoms with E-state index in [2.05, 4.69) is 19.3 Å². The standard InChI is InChI=1S/C14H24ClN.ClH/c1-9(16-2)6-14-7-10-3-11(8-14)5-12(4-10)13(14)15;/h9-13,16H,3-8H2,1-2H3;1H/t9?,10-,11+,12?,13?,14?;. The first-order valence-corrected chi connectivity index (χ1v) is 7.38. The Labute approximate surface area is 116 Å². The lowest BCUT2D eigenvalue weighted by atomic mass is 9.48. The van der Waals surface area contributed by atoms with Gasteiger partial charge in [0.05, 0.1) is 0 Å². The summed E-state index contributed by atoms with van der Waals surface area (Å²) in [5.74, 6) is 2.87. The lowest BCUT2D eigenvalue weighted by molar-refractivity contribution is -0.0558. The molecule has 1 N–H and O–H groups in total. The minimum absolute atomic E-state index is 0. The van der Waals surface area contributed by atoms with Crippen LogP contribution in [0.3, 0.4) is 0 Å². The summed E-state index contributed by atoms with van der Waals surface area (Å²) in [7, 11) is 2.08. The van der Waals surface area contributed by atoms with Gasteiger partial charge in [-0.2, -0.15) is 0 Å². The zero-order valence-corrected chi connectivity index (χ0v) is 12.5. The van der Waals surface area contributed by atoms with Gasteiger partial charge in [0.2, 0.25) is 0 Å². The third-order valence-electron chi connectivity index (χ3n) is 5.53. The Bertz CT molecular complexity index is 267. The van der Waals surface area contributed by atoms with Crippen LogP contribution in [0.25, 0.3) is 0 Å².